The third-order valence-corrected chi connectivity index (χ3v) is 9.65. The molecule has 0 atom stereocenters. The molecular formula is C45H84AtN7O7S. The fraction of sp³-hybridized carbons (Fsp3) is 0.733. The van der Waals surface area contributed by atoms with Gasteiger partial charge in [-0.2, -0.15) is 0 Å². The number of rotatable bonds is 18. The number of esters is 3. The summed E-state index contributed by atoms with van der Waals surface area (Å²) in [5.74, 6) is 0.118. The Hall–Kier alpha value is -2.81. The van der Waals surface area contributed by atoms with E-state index in [9.17, 15) is 19.2 Å². The molecular weight excluding hydrogens is 993 g/mol. The fourth-order valence-electron chi connectivity index (χ4n) is 4.61. The van der Waals surface area contributed by atoms with Crippen LogP contribution in [0.15, 0.2) is 33.3 Å². The molecule has 1 aliphatic rings. The monoisotopic (exact) mass is 1080 g/mol. The number of amides is 1. The number of amidine groups is 1. The molecule has 0 saturated heterocycles. The van der Waals surface area contributed by atoms with Crippen LogP contribution in [0, 0.1) is 23.3 Å². The van der Waals surface area contributed by atoms with Crippen molar-refractivity contribution in [1.29, 1.82) is 0 Å². The second kappa shape index (κ2) is 35.6. The van der Waals surface area contributed by atoms with E-state index in [1.165, 1.54) is 19.2 Å². The Labute approximate surface area is 388 Å². The molecule has 16 heteroatoms. The average molecular weight is 1080 g/mol. The van der Waals surface area contributed by atoms with E-state index in [-0.39, 0.29) is 41.6 Å². The summed E-state index contributed by atoms with van der Waals surface area (Å²) in [4.78, 5) is 51.7. The number of hydrogen-bond donors (Lipinski definition) is 3. The summed E-state index contributed by atoms with van der Waals surface area (Å²) in [6, 6.07) is 6.13. The van der Waals surface area contributed by atoms with Gasteiger partial charge in [0.15, 0.2) is 0 Å². The minimum atomic E-state index is -0.497. The van der Waals surface area contributed by atoms with Gasteiger partial charge < -0.3 is 14.2 Å². The maximum absolute atomic E-state index is 12.8. The van der Waals surface area contributed by atoms with Gasteiger partial charge >= 0.3 is 189 Å². The van der Waals surface area contributed by atoms with Crippen LogP contribution in [0.25, 0.3) is 0 Å². The van der Waals surface area contributed by atoms with Crippen LogP contribution < -0.4 is 16.2 Å². The molecule has 1 aliphatic heterocycles. The third kappa shape index (κ3) is 38.6. The average Bonchev–Trinajstić information content (AvgIpc) is 3.18. The van der Waals surface area contributed by atoms with Gasteiger partial charge in [0.2, 0.25) is 0 Å². The summed E-state index contributed by atoms with van der Waals surface area (Å²) in [5, 5.41) is 11.3. The number of nitrogens with one attached hydrogen (secondary N) is 3. The number of carbonyl (C=O) groups is 4. The predicted octanol–water partition coefficient (Wildman–Crippen LogP) is 8.73. The second-order valence-electron chi connectivity index (χ2n) is 16.7. The number of hydrogen-bond acceptors (Lipinski definition) is 14. The summed E-state index contributed by atoms with van der Waals surface area (Å²) in [6.07, 6.45) is 6.92. The minimum absolute atomic E-state index is 0.0260. The van der Waals surface area contributed by atoms with Crippen LogP contribution in [0.5, 0.6) is 0 Å². The van der Waals surface area contributed by atoms with Gasteiger partial charge in [0, 0.05) is 12.8 Å². The Bertz CT molecular complexity index is 1400. The summed E-state index contributed by atoms with van der Waals surface area (Å²) in [6.45, 7) is 37.0. The van der Waals surface area contributed by atoms with E-state index in [1.807, 2.05) is 88.3 Å². The topological polar surface area (TPSA) is 163 Å². The Balaban J connectivity index is -0.00000114. The molecule has 0 radical (unpaired) electrons. The molecule has 0 aromatic heterocycles. The van der Waals surface area contributed by atoms with Crippen molar-refractivity contribution in [3.63, 3.8) is 0 Å². The predicted molar refractivity (Wildman–Crippen MR) is 249 cm³/mol. The fourth-order valence-corrected chi connectivity index (χ4v) is 6.02. The van der Waals surface area contributed by atoms with Crippen LogP contribution in [0.4, 0.5) is 0 Å². The molecule has 0 unspecified atom stereocenters. The summed E-state index contributed by atoms with van der Waals surface area (Å²) >= 11 is 1.60. The maximum atomic E-state index is 12.8. The van der Waals surface area contributed by atoms with Gasteiger partial charge in [-0.05, 0) is 75.3 Å². The van der Waals surface area contributed by atoms with E-state index in [2.05, 4.69) is 69.9 Å². The van der Waals surface area contributed by atoms with Gasteiger partial charge in [-0.25, -0.2) is 0 Å². The summed E-state index contributed by atoms with van der Waals surface area (Å²) in [7, 11) is 1.69. The molecule has 14 nitrogen and oxygen atoms in total. The van der Waals surface area contributed by atoms with E-state index in [0.717, 1.165) is 42.0 Å². The van der Waals surface area contributed by atoms with Gasteiger partial charge in [0.05, 0.1) is 6.54 Å². The Morgan fingerprint density at radius 2 is 1.13 bits per heavy atom. The van der Waals surface area contributed by atoms with Gasteiger partial charge in [-0.3, -0.25) is 14.4 Å². The molecule has 2 rings (SSSR count). The summed E-state index contributed by atoms with van der Waals surface area (Å²) in [5.41, 5.74) is 6.40. The summed E-state index contributed by atoms with van der Waals surface area (Å²) < 4.78 is 15.4. The molecule has 3 N–H and O–H groups in total. The molecule has 1 heterocycles. The molecule has 1 aromatic rings. The number of hydrazone groups is 2. The molecule has 0 spiro atoms. The quantitative estimate of drug-likeness (QED) is 0.0949. The van der Waals surface area contributed by atoms with Crippen molar-refractivity contribution < 1.29 is 56.6 Å². The number of ether oxygens (including phenoxy) is 3. The zero-order valence-electron chi connectivity index (χ0n) is 40.9. The van der Waals surface area contributed by atoms with Crippen molar-refractivity contribution in [2.45, 2.75) is 184 Å². The molecule has 61 heavy (non-hydrogen) atoms. The van der Waals surface area contributed by atoms with Crippen LogP contribution in [-0.2, 0) is 39.9 Å². The Morgan fingerprint density at radius 1 is 0.672 bits per heavy atom. The molecule has 1 aromatic carbocycles. The standard InChI is InChI=1S/C25H40AtN7O3S.2C7H14O2.C4H10.C2H6/c1-6-8-32(10-11-33(9-7-2)17-23(35)36-25(3,4)5)16-22(34)27-15-19-12-20(14-21(13-19)37-26)24-30-28-18-29-31-24;2*1-5-6(8)9-7(2,3)4;1-3-4-2;1-2/h12-14,18H,6-11,15-17H2,1-5H3,(H,27,34)(H,28,29)(H,30,31);2*5H2,1-4H3;3-4H2,1-2H3;1-2H3. The van der Waals surface area contributed by atoms with Crippen LogP contribution in [0.2, 0.25) is 0 Å². The normalized spacial score (nSPS) is 11.9. The van der Waals surface area contributed by atoms with Crippen LogP contribution in [0.1, 0.15) is 167 Å². The van der Waals surface area contributed by atoms with Crippen molar-refractivity contribution in [2.24, 2.45) is 10.2 Å². The molecule has 354 valence electrons. The van der Waals surface area contributed by atoms with Crippen molar-refractivity contribution in [1.82, 2.24) is 26.0 Å². The first-order chi connectivity index (χ1) is 28.5. The molecule has 0 fully saturated rings. The third-order valence-electron chi connectivity index (χ3n) is 7.16. The van der Waals surface area contributed by atoms with E-state index in [1.54, 1.807) is 45.6 Å². The van der Waals surface area contributed by atoms with E-state index < -0.39 is 5.60 Å². The van der Waals surface area contributed by atoms with Crippen LogP contribution in [0.3, 0.4) is 0 Å². The molecule has 1 amide bonds. The van der Waals surface area contributed by atoms with Crippen LogP contribution in [-0.4, -0.2) is 102 Å². The van der Waals surface area contributed by atoms with Crippen molar-refractivity contribution in [3.05, 3.63) is 29.3 Å². The van der Waals surface area contributed by atoms with Crippen LogP contribution >= 0.6 is 8.52 Å². The molecule has 0 aliphatic carbocycles. The number of benzene rings is 1. The number of carbonyl (C=O) groups excluding carboxylic acids is 4. The number of nitrogens with zero attached hydrogens (tertiary/aromatic N) is 4. The Kier molecular flexibility index (Phi) is 36.5. The molecule has 0 saturated carbocycles. The first-order valence-electron chi connectivity index (χ1n) is 21.9. The van der Waals surface area contributed by atoms with Gasteiger partial charge in [0.25, 0.3) is 0 Å². The second-order valence-corrected chi connectivity index (χ2v) is 19.1. The SMILES string of the molecule is CC.CCC(=O)OC(C)(C)C.CCC(=O)OC(C)(C)C.CCCC.CCCN(CCN(CCC)CC(=O)OC(C)(C)C)CC(=O)NCc1cc(S[At])cc(C2=NNC=NN2)c1. The van der Waals surface area contributed by atoms with Crippen molar-refractivity contribution >= 4 is 44.5 Å². The Morgan fingerprint density at radius 3 is 1.49 bits per heavy atom. The number of unbranched alkanes of at least 4 members (excludes halogenated alkanes) is 1. The zero-order chi connectivity index (χ0) is 47.7. The van der Waals surface area contributed by atoms with Gasteiger partial charge in [-0.1, -0.05) is 61.3 Å². The van der Waals surface area contributed by atoms with E-state index in [0.29, 0.717) is 44.9 Å². The van der Waals surface area contributed by atoms with Gasteiger partial charge in [0.1, 0.15) is 16.8 Å². The van der Waals surface area contributed by atoms with E-state index in [4.69, 9.17) is 14.2 Å². The molecule has 0 bridgehead atoms. The van der Waals surface area contributed by atoms with Gasteiger partial charge in [-0.15, -0.1) is 0 Å². The van der Waals surface area contributed by atoms with Crippen molar-refractivity contribution in [3.8, 4) is 0 Å². The first-order valence-corrected chi connectivity index (χ1v) is 26.2. The zero-order valence-corrected chi connectivity index (χ0v) is 44.7. The van der Waals surface area contributed by atoms with E-state index >= 15 is 0 Å². The van der Waals surface area contributed by atoms with Crippen molar-refractivity contribution in [2.75, 3.05) is 39.3 Å². The first kappa shape index (κ1) is 62.5.